The number of benzene rings is 1. The van der Waals surface area contributed by atoms with Crippen molar-refractivity contribution >= 4 is 11.8 Å². The van der Waals surface area contributed by atoms with Crippen LogP contribution in [0, 0.1) is 0 Å². The van der Waals surface area contributed by atoms with Crippen molar-refractivity contribution < 1.29 is 9.59 Å². The van der Waals surface area contributed by atoms with Crippen LogP contribution in [-0.4, -0.2) is 28.8 Å². The summed E-state index contributed by atoms with van der Waals surface area (Å²) < 4.78 is 0. The molecule has 0 unspecified atom stereocenters. The molecule has 0 radical (unpaired) electrons. The molecule has 0 aromatic heterocycles. The minimum absolute atomic E-state index is 0.0302. The van der Waals surface area contributed by atoms with Crippen molar-refractivity contribution in [3.63, 3.8) is 0 Å². The van der Waals surface area contributed by atoms with E-state index in [1.54, 1.807) is 4.90 Å². The van der Waals surface area contributed by atoms with E-state index in [4.69, 9.17) is 0 Å². The van der Waals surface area contributed by atoms with Crippen LogP contribution in [0.25, 0.3) is 0 Å². The van der Waals surface area contributed by atoms with Gasteiger partial charge in [0.25, 0.3) is 0 Å². The third kappa shape index (κ3) is 2.23. The van der Waals surface area contributed by atoms with Crippen LogP contribution in [0.5, 0.6) is 0 Å². The first-order valence-electron chi connectivity index (χ1n) is 6.84. The van der Waals surface area contributed by atoms with Crippen molar-refractivity contribution in [1.29, 1.82) is 0 Å². The maximum absolute atomic E-state index is 12.6. The van der Waals surface area contributed by atoms with Crippen LogP contribution in [0.3, 0.4) is 0 Å². The summed E-state index contributed by atoms with van der Waals surface area (Å²) in [6.45, 7) is 0.699. The van der Waals surface area contributed by atoms with Crippen molar-refractivity contribution in [3.05, 3.63) is 35.9 Å². The zero-order valence-electron chi connectivity index (χ0n) is 10.9. The van der Waals surface area contributed by atoms with Crippen LogP contribution in [0.2, 0.25) is 0 Å². The number of carbonyl (C=O) groups excluding carboxylic acids is 2. The maximum Gasteiger partial charge on any atom is 0.249 e. The number of carbonyl (C=O) groups is 2. The molecule has 19 heavy (non-hydrogen) atoms. The Morgan fingerprint density at radius 2 is 1.79 bits per heavy atom. The molecule has 1 aliphatic carbocycles. The molecule has 0 atom stereocenters. The summed E-state index contributed by atoms with van der Waals surface area (Å²) in [7, 11) is 0. The van der Waals surface area contributed by atoms with E-state index >= 15 is 0 Å². The predicted molar refractivity (Wildman–Crippen MR) is 71.2 cm³/mol. The second-order valence-electron chi connectivity index (χ2n) is 5.48. The van der Waals surface area contributed by atoms with Crippen LogP contribution in [0.15, 0.2) is 30.3 Å². The molecule has 1 heterocycles. The summed E-state index contributed by atoms with van der Waals surface area (Å²) in [5, 5.41) is 2.93. The summed E-state index contributed by atoms with van der Waals surface area (Å²) in [4.78, 5) is 26.2. The molecule has 1 aromatic carbocycles. The lowest BCUT2D eigenvalue weighted by Gasteiger charge is -2.39. The van der Waals surface area contributed by atoms with Crippen molar-refractivity contribution in [2.24, 2.45) is 0 Å². The lowest BCUT2D eigenvalue weighted by atomic mass is 9.93. The number of hydrogen-bond donors (Lipinski definition) is 1. The van der Waals surface area contributed by atoms with Gasteiger partial charge < -0.3 is 10.2 Å². The van der Waals surface area contributed by atoms with Gasteiger partial charge in [-0.1, -0.05) is 43.2 Å². The molecule has 1 saturated carbocycles. The average molecular weight is 258 g/mol. The molecule has 1 aromatic rings. The highest BCUT2D eigenvalue weighted by Gasteiger charge is 2.48. The summed E-state index contributed by atoms with van der Waals surface area (Å²) in [6.07, 6.45) is 3.60. The van der Waals surface area contributed by atoms with Crippen LogP contribution in [0.1, 0.15) is 31.2 Å². The van der Waals surface area contributed by atoms with Gasteiger partial charge in [-0.25, -0.2) is 0 Å². The number of nitrogens with zero attached hydrogens (tertiary/aromatic N) is 1. The normalized spacial score (nSPS) is 21.8. The number of rotatable bonds is 2. The summed E-state index contributed by atoms with van der Waals surface area (Å²) in [6, 6.07) is 9.83. The number of amides is 2. The van der Waals surface area contributed by atoms with E-state index in [1.807, 2.05) is 30.3 Å². The molecule has 3 rings (SSSR count). The molecule has 1 aliphatic heterocycles. The summed E-state index contributed by atoms with van der Waals surface area (Å²) in [5.74, 6) is 0.0610. The Balaban J connectivity index is 1.81. The number of hydrogen-bond acceptors (Lipinski definition) is 2. The minimum Gasteiger partial charge on any atom is -0.340 e. The van der Waals surface area contributed by atoms with Crippen molar-refractivity contribution in [2.75, 3.05) is 6.54 Å². The molecule has 2 aliphatic rings. The van der Waals surface area contributed by atoms with Gasteiger partial charge in [0.1, 0.15) is 5.54 Å². The Morgan fingerprint density at radius 3 is 2.47 bits per heavy atom. The van der Waals surface area contributed by atoms with Gasteiger partial charge in [-0.15, -0.1) is 0 Å². The molecule has 1 N–H and O–H groups in total. The molecule has 4 nitrogen and oxygen atoms in total. The Bertz CT molecular complexity index is 492. The van der Waals surface area contributed by atoms with E-state index in [2.05, 4.69) is 5.32 Å². The number of piperazine rings is 1. The lowest BCUT2D eigenvalue weighted by molar-refractivity contribution is -0.150. The van der Waals surface area contributed by atoms with Gasteiger partial charge in [-0.05, 0) is 18.4 Å². The quantitative estimate of drug-likeness (QED) is 0.873. The first-order valence-corrected chi connectivity index (χ1v) is 6.84. The monoisotopic (exact) mass is 258 g/mol. The Hall–Kier alpha value is -1.84. The van der Waals surface area contributed by atoms with Gasteiger partial charge in [0.05, 0.1) is 6.54 Å². The van der Waals surface area contributed by atoms with Crippen molar-refractivity contribution in [1.82, 2.24) is 10.2 Å². The highest BCUT2D eigenvalue weighted by molar-refractivity contribution is 5.98. The molecule has 0 bridgehead atoms. The first kappa shape index (κ1) is 12.2. The molecule has 2 amide bonds. The fourth-order valence-electron chi connectivity index (χ4n) is 3.16. The van der Waals surface area contributed by atoms with E-state index in [1.165, 1.54) is 0 Å². The highest BCUT2D eigenvalue weighted by atomic mass is 16.2. The SMILES string of the molecule is O=C1CN(Cc2ccccc2)C(=O)C2(CCCC2)N1. The van der Waals surface area contributed by atoms with Gasteiger partial charge in [-0.3, -0.25) is 9.59 Å². The smallest absolute Gasteiger partial charge is 0.249 e. The first-order chi connectivity index (χ1) is 9.20. The minimum atomic E-state index is -0.607. The molecular formula is C15H18N2O2. The Morgan fingerprint density at radius 1 is 1.11 bits per heavy atom. The van der Waals surface area contributed by atoms with Crippen molar-refractivity contribution in [2.45, 2.75) is 37.8 Å². The van der Waals surface area contributed by atoms with Crippen LogP contribution >= 0.6 is 0 Å². The van der Waals surface area contributed by atoms with E-state index in [0.29, 0.717) is 6.54 Å². The maximum atomic E-state index is 12.6. The standard InChI is InChI=1S/C15H18N2O2/c18-13-11-17(10-12-6-2-1-3-7-12)14(19)15(16-13)8-4-5-9-15/h1-3,6-7H,4-5,8-11H2,(H,16,18). The summed E-state index contributed by atoms with van der Waals surface area (Å²) in [5.41, 5.74) is 0.461. The fourth-order valence-corrected chi connectivity index (χ4v) is 3.16. The van der Waals surface area contributed by atoms with E-state index in [-0.39, 0.29) is 18.4 Å². The van der Waals surface area contributed by atoms with Crippen LogP contribution in [0.4, 0.5) is 0 Å². The fraction of sp³-hybridized carbons (Fsp3) is 0.467. The molecule has 1 spiro atoms. The Kier molecular flexibility index (Phi) is 3.01. The van der Waals surface area contributed by atoms with Gasteiger partial charge in [0.2, 0.25) is 11.8 Å². The van der Waals surface area contributed by atoms with Gasteiger partial charge in [0, 0.05) is 6.54 Å². The van der Waals surface area contributed by atoms with Gasteiger partial charge >= 0.3 is 0 Å². The average Bonchev–Trinajstić information content (AvgIpc) is 2.86. The molecule has 1 saturated heterocycles. The summed E-state index contributed by atoms with van der Waals surface area (Å²) >= 11 is 0. The van der Waals surface area contributed by atoms with Crippen LogP contribution < -0.4 is 5.32 Å². The number of nitrogens with one attached hydrogen (secondary N) is 1. The second-order valence-corrected chi connectivity index (χ2v) is 5.48. The third-order valence-corrected chi connectivity index (χ3v) is 4.08. The molecule has 4 heteroatoms. The second kappa shape index (κ2) is 4.68. The van der Waals surface area contributed by atoms with Crippen LogP contribution in [-0.2, 0) is 16.1 Å². The zero-order valence-corrected chi connectivity index (χ0v) is 10.9. The van der Waals surface area contributed by atoms with E-state index < -0.39 is 5.54 Å². The largest absolute Gasteiger partial charge is 0.340 e. The van der Waals surface area contributed by atoms with Gasteiger partial charge in [-0.2, -0.15) is 0 Å². The molecule has 2 fully saturated rings. The highest BCUT2D eigenvalue weighted by Crippen LogP contribution is 2.33. The van der Waals surface area contributed by atoms with E-state index in [9.17, 15) is 9.59 Å². The zero-order chi connectivity index (χ0) is 13.3. The van der Waals surface area contributed by atoms with Crippen molar-refractivity contribution in [3.8, 4) is 0 Å². The molecular weight excluding hydrogens is 240 g/mol. The Labute approximate surface area is 112 Å². The molecule has 100 valence electrons. The van der Waals surface area contributed by atoms with Gasteiger partial charge in [0.15, 0.2) is 0 Å². The predicted octanol–water partition coefficient (Wildman–Crippen LogP) is 1.46. The topological polar surface area (TPSA) is 49.4 Å². The lowest BCUT2D eigenvalue weighted by Crippen LogP contribution is -2.65. The van der Waals surface area contributed by atoms with E-state index in [0.717, 1.165) is 31.2 Å². The third-order valence-electron chi connectivity index (χ3n) is 4.08.